The van der Waals surface area contributed by atoms with Crippen LogP contribution in [-0.4, -0.2) is 23.1 Å². The van der Waals surface area contributed by atoms with E-state index in [9.17, 15) is 0 Å². The van der Waals surface area contributed by atoms with Crippen molar-refractivity contribution in [1.82, 2.24) is 9.97 Å². The van der Waals surface area contributed by atoms with Gasteiger partial charge in [0.15, 0.2) is 0 Å². The lowest BCUT2D eigenvalue weighted by Gasteiger charge is -2.28. The molecule has 0 spiro atoms. The maximum atomic E-state index is 5.89. The third-order valence-corrected chi connectivity index (χ3v) is 3.64. The molecule has 0 aliphatic carbocycles. The van der Waals surface area contributed by atoms with E-state index in [2.05, 4.69) is 20.9 Å². The number of hydrogen-bond acceptors (Lipinski definition) is 3. The summed E-state index contributed by atoms with van der Waals surface area (Å²) in [4.78, 5) is 11.5. The third kappa shape index (κ3) is 2.15. The molecule has 1 aromatic carbocycles. The fourth-order valence-corrected chi connectivity index (χ4v) is 2.63. The molecular formula is C14H16ClN3. The number of para-hydroxylation sites is 1. The van der Waals surface area contributed by atoms with Gasteiger partial charge >= 0.3 is 0 Å². The number of anilines is 1. The molecule has 1 aliphatic heterocycles. The van der Waals surface area contributed by atoms with Crippen LogP contribution in [0.4, 0.5) is 5.82 Å². The summed E-state index contributed by atoms with van der Waals surface area (Å²) >= 11 is 5.89. The fourth-order valence-electron chi connectivity index (χ4n) is 2.51. The van der Waals surface area contributed by atoms with E-state index in [1.54, 1.807) is 0 Å². The number of hydrogen-bond donors (Lipinski definition) is 0. The van der Waals surface area contributed by atoms with Crippen LogP contribution in [0.25, 0.3) is 10.9 Å². The first kappa shape index (κ1) is 11.7. The molecule has 3 rings (SSSR count). The molecule has 0 bridgehead atoms. The van der Waals surface area contributed by atoms with Crippen LogP contribution in [0.5, 0.6) is 0 Å². The summed E-state index contributed by atoms with van der Waals surface area (Å²) in [7, 11) is 0. The third-order valence-electron chi connectivity index (χ3n) is 3.40. The average Bonchev–Trinajstić information content (AvgIpc) is 2.47. The lowest BCUT2D eigenvalue weighted by molar-refractivity contribution is 0.574. The van der Waals surface area contributed by atoms with E-state index in [1.807, 2.05) is 18.2 Å². The van der Waals surface area contributed by atoms with Gasteiger partial charge in [0.05, 0.1) is 11.4 Å². The molecule has 4 heteroatoms. The van der Waals surface area contributed by atoms with Gasteiger partial charge < -0.3 is 4.90 Å². The van der Waals surface area contributed by atoms with Crippen molar-refractivity contribution in [2.45, 2.75) is 25.1 Å². The second kappa shape index (κ2) is 5.11. The van der Waals surface area contributed by atoms with Gasteiger partial charge in [0, 0.05) is 18.5 Å². The Kier molecular flexibility index (Phi) is 3.33. The Hall–Kier alpha value is -1.35. The van der Waals surface area contributed by atoms with E-state index in [0.717, 1.165) is 35.6 Å². The Bertz CT molecular complexity index is 550. The molecule has 94 valence electrons. The highest BCUT2D eigenvalue weighted by atomic mass is 35.5. The van der Waals surface area contributed by atoms with E-state index in [-0.39, 0.29) is 0 Å². The monoisotopic (exact) mass is 261 g/mol. The molecule has 1 fully saturated rings. The van der Waals surface area contributed by atoms with Crippen molar-refractivity contribution in [2.75, 3.05) is 18.0 Å². The Balaban J connectivity index is 2.12. The van der Waals surface area contributed by atoms with Gasteiger partial charge in [0.25, 0.3) is 0 Å². The quantitative estimate of drug-likeness (QED) is 0.777. The molecule has 2 aromatic rings. The lowest BCUT2D eigenvalue weighted by atomic mass is 10.1. The van der Waals surface area contributed by atoms with Crippen LogP contribution in [0.2, 0.25) is 0 Å². The first-order chi connectivity index (χ1) is 8.88. The highest BCUT2D eigenvalue weighted by Crippen LogP contribution is 2.26. The zero-order valence-corrected chi connectivity index (χ0v) is 11.0. The molecule has 2 heterocycles. The minimum Gasteiger partial charge on any atom is -0.356 e. The van der Waals surface area contributed by atoms with Gasteiger partial charge in [-0.2, -0.15) is 0 Å². The summed E-state index contributed by atoms with van der Waals surface area (Å²) in [5, 5.41) is 1.13. The molecule has 18 heavy (non-hydrogen) atoms. The van der Waals surface area contributed by atoms with Crippen molar-refractivity contribution in [3.8, 4) is 0 Å². The van der Waals surface area contributed by atoms with Crippen molar-refractivity contribution in [3.63, 3.8) is 0 Å². The molecule has 3 nitrogen and oxygen atoms in total. The highest BCUT2D eigenvalue weighted by Gasteiger charge is 2.16. The smallest absolute Gasteiger partial charge is 0.146 e. The van der Waals surface area contributed by atoms with Crippen LogP contribution >= 0.6 is 11.6 Å². The highest BCUT2D eigenvalue weighted by molar-refractivity contribution is 6.16. The minimum absolute atomic E-state index is 0.367. The number of nitrogens with zero attached hydrogens (tertiary/aromatic N) is 3. The Labute approximate surface area is 112 Å². The zero-order valence-electron chi connectivity index (χ0n) is 10.3. The normalized spacial score (nSPS) is 16.2. The number of piperidine rings is 1. The first-order valence-electron chi connectivity index (χ1n) is 6.45. The second-order valence-electron chi connectivity index (χ2n) is 4.66. The van der Waals surface area contributed by atoms with Gasteiger partial charge in [-0.1, -0.05) is 12.1 Å². The van der Waals surface area contributed by atoms with Gasteiger partial charge in [-0.25, -0.2) is 9.97 Å². The van der Waals surface area contributed by atoms with Crippen molar-refractivity contribution < 1.29 is 0 Å². The lowest BCUT2D eigenvalue weighted by Crippen LogP contribution is -2.30. The largest absolute Gasteiger partial charge is 0.356 e. The summed E-state index contributed by atoms with van der Waals surface area (Å²) in [6.45, 7) is 2.17. The number of rotatable bonds is 2. The van der Waals surface area contributed by atoms with Gasteiger partial charge in [-0.3, -0.25) is 0 Å². The number of benzene rings is 1. The van der Waals surface area contributed by atoms with E-state index in [1.165, 1.54) is 19.3 Å². The number of alkyl halides is 1. The molecule has 0 radical (unpaired) electrons. The number of halogens is 1. The van der Waals surface area contributed by atoms with Crippen molar-refractivity contribution in [3.05, 3.63) is 30.1 Å². The van der Waals surface area contributed by atoms with Crippen LogP contribution < -0.4 is 4.90 Å². The van der Waals surface area contributed by atoms with Crippen LogP contribution in [0.15, 0.2) is 24.3 Å². The predicted molar refractivity (Wildman–Crippen MR) is 75.2 cm³/mol. The van der Waals surface area contributed by atoms with Crippen molar-refractivity contribution >= 4 is 28.3 Å². The maximum Gasteiger partial charge on any atom is 0.146 e. The summed E-state index contributed by atoms with van der Waals surface area (Å²) in [5.41, 5.74) is 0.990. The fraction of sp³-hybridized carbons (Fsp3) is 0.429. The number of fused-ring (bicyclic) bond motifs is 1. The summed E-state index contributed by atoms with van der Waals surface area (Å²) in [6.07, 6.45) is 3.81. The molecular weight excluding hydrogens is 246 g/mol. The molecule has 1 saturated heterocycles. The summed E-state index contributed by atoms with van der Waals surface area (Å²) < 4.78 is 0. The topological polar surface area (TPSA) is 29.0 Å². The van der Waals surface area contributed by atoms with Crippen molar-refractivity contribution in [1.29, 1.82) is 0 Å². The predicted octanol–water partition coefficient (Wildman–Crippen LogP) is 3.36. The average molecular weight is 262 g/mol. The molecule has 0 saturated carbocycles. The molecule has 1 aliphatic rings. The molecule has 0 N–H and O–H groups in total. The minimum atomic E-state index is 0.367. The summed E-state index contributed by atoms with van der Waals surface area (Å²) in [6, 6.07) is 8.17. The first-order valence-corrected chi connectivity index (χ1v) is 6.98. The van der Waals surface area contributed by atoms with Gasteiger partial charge in [0.1, 0.15) is 11.6 Å². The maximum absolute atomic E-state index is 5.89. The van der Waals surface area contributed by atoms with Crippen LogP contribution in [0, 0.1) is 0 Å². The van der Waals surface area contributed by atoms with E-state index in [0.29, 0.717) is 5.88 Å². The van der Waals surface area contributed by atoms with Crippen LogP contribution in [-0.2, 0) is 5.88 Å². The molecule has 1 aromatic heterocycles. The zero-order chi connectivity index (χ0) is 12.4. The van der Waals surface area contributed by atoms with Crippen LogP contribution in [0.1, 0.15) is 25.1 Å². The Morgan fingerprint density at radius 1 is 1.06 bits per heavy atom. The van der Waals surface area contributed by atoms with Gasteiger partial charge in [0.2, 0.25) is 0 Å². The van der Waals surface area contributed by atoms with E-state index >= 15 is 0 Å². The van der Waals surface area contributed by atoms with E-state index in [4.69, 9.17) is 11.6 Å². The number of aromatic nitrogens is 2. The standard InChI is InChI=1S/C14H16ClN3/c15-10-13-16-12-7-3-2-6-11(12)14(17-13)18-8-4-1-5-9-18/h2-3,6-7H,1,4-5,8-10H2. The molecule has 0 amide bonds. The van der Waals surface area contributed by atoms with E-state index < -0.39 is 0 Å². The second-order valence-corrected chi connectivity index (χ2v) is 4.93. The Morgan fingerprint density at radius 2 is 1.83 bits per heavy atom. The van der Waals surface area contributed by atoms with Crippen molar-refractivity contribution in [2.24, 2.45) is 0 Å². The van der Waals surface area contributed by atoms with Crippen LogP contribution in [0.3, 0.4) is 0 Å². The van der Waals surface area contributed by atoms with Gasteiger partial charge in [-0.15, -0.1) is 11.6 Å². The SMILES string of the molecule is ClCc1nc(N2CCCCC2)c2ccccc2n1. The van der Waals surface area contributed by atoms with Gasteiger partial charge in [-0.05, 0) is 31.4 Å². The molecule has 0 unspecified atom stereocenters. The Morgan fingerprint density at radius 3 is 2.61 bits per heavy atom. The molecule has 0 atom stereocenters. The summed E-state index contributed by atoms with van der Waals surface area (Å²) in [5.74, 6) is 2.14.